The molecule has 1 aliphatic heterocycles. The first-order valence-corrected chi connectivity index (χ1v) is 3.56. The summed E-state index contributed by atoms with van der Waals surface area (Å²) in [6.07, 6.45) is -3.51. The van der Waals surface area contributed by atoms with Gasteiger partial charge < -0.3 is 11.1 Å². The Hall–Kier alpha value is 0.290. The second-order valence-electron chi connectivity index (χ2n) is 2.83. The molecule has 82 valence electrons. The Balaban J connectivity index is 0. The minimum Gasteiger partial charge on any atom is -0.328 e. The van der Waals surface area contributed by atoms with Crippen LogP contribution in [0.1, 0.15) is 12.8 Å². The zero-order valence-corrected chi connectivity index (χ0v) is 8.44. The lowest BCUT2D eigenvalue weighted by Gasteiger charge is -2.29. The van der Waals surface area contributed by atoms with Gasteiger partial charge in [0.1, 0.15) is 6.04 Å². The molecule has 0 aromatic carbocycles. The normalized spacial score (nSPS) is 28.6. The first kappa shape index (κ1) is 15.7. The number of nitrogens with two attached hydrogens (primary N) is 1. The van der Waals surface area contributed by atoms with Crippen molar-refractivity contribution >= 4 is 24.8 Å². The van der Waals surface area contributed by atoms with Crippen LogP contribution in [0.3, 0.4) is 0 Å². The van der Waals surface area contributed by atoms with E-state index in [1.807, 2.05) is 0 Å². The molecule has 0 saturated carbocycles. The SMILES string of the molecule is Cl.Cl.N[C@H]1CCN[C@@H](C(F)(F)F)C1. The van der Waals surface area contributed by atoms with Crippen molar-refractivity contribution in [1.82, 2.24) is 5.32 Å². The summed E-state index contributed by atoms with van der Waals surface area (Å²) in [6, 6.07) is -1.70. The molecule has 1 aliphatic rings. The molecule has 13 heavy (non-hydrogen) atoms. The third kappa shape index (κ3) is 4.90. The minimum atomic E-state index is -4.14. The highest BCUT2D eigenvalue weighted by atomic mass is 35.5. The van der Waals surface area contributed by atoms with E-state index in [0.717, 1.165) is 0 Å². The van der Waals surface area contributed by atoms with Crippen LogP contribution in [0.15, 0.2) is 0 Å². The standard InChI is InChI=1S/C6H11F3N2.2ClH/c7-6(8,9)5-3-4(10)1-2-11-5;;/h4-5,11H,1-3,10H2;2*1H/t4-,5+;;/m0../s1. The molecular formula is C6H13Cl2F3N2. The fourth-order valence-electron chi connectivity index (χ4n) is 1.20. The van der Waals surface area contributed by atoms with Crippen molar-refractivity contribution in [1.29, 1.82) is 0 Å². The number of hydrogen-bond donors (Lipinski definition) is 2. The van der Waals surface area contributed by atoms with E-state index in [4.69, 9.17) is 5.73 Å². The van der Waals surface area contributed by atoms with Gasteiger partial charge in [-0.25, -0.2) is 0 Å². The van der Waals surface area contributed by atoms with Crippen molar-refractivity contribution in [3.8, 4) is 0 Å². The summed E-state index contributed by atoms with van der Waals surface area (Å²) < 4.78 is 36.0. The summed E-state index contributed by atoms with van der Waals surface area (Å²) in [5, 5.41) is 2.38. The molecule has 2 nitrogen and oxygen atoms in total. The molecule has 1 fully saturated rings. The lowest BCUT2D eigenvalue weighted by molar-refractivity contribution is -0.161. The van der Waals surface area contributed by atoms with Crippen molar-refractivity contribution in [2.75, 3.05) is 6.54 Å². The molecule has 2 atom stereocenters. The number of rotatable bonds is 0. The molecule has 0 aliphatic carbocycles. The summed E-state index contributed by atoms with van der Waals surface area (Å²) in [6.45, 7) is 0.366. The zero-order chi connectivity index (χ0) is 8.48. The largest absolute Gasteiger partial charge is 0.403 e. The quantitative estimate of drug-likeness (QED) is 0.674. The van der Waals surface area contributed by atoms with E-state index in [-0.39, 0.29) is 37.3 Å². The van der Waals surface area contributed by atoms with E-state index in [9.17, 15) is 13.2 Å². The van der Waals surface area contributed by atoms with Gasteiger partial charge in [-0.3, -0.25) is 0 Å². The molecule has 3 N–H and O–H groups in total. The topological polar surface area (TPSA) is 38.0 Å². The number of alkyl halides is 3. The molecule has 0 spiro atoms. The van der Waals surface area contributed by atoms with Crippen LogP contribution in [0.2, 0.25) is 0 Å². The Morgan fingerprint density at radius 1 is 1.23 bits per heavy atom. The predicted molar refractivity (Wildman–Crippen MR) is 49.6 cm³/mol. The Bertz CT molecular complexity index is 142. The molecule has 0 unspecified atom stereocenters. The number of piperidine rings is 1. The Morgan fingerprint density at radius 2 is 1.77 bits per heavy atom. The summed E-state index contributed by atoms with van der Waals surface area (Å²) in [4.78, 5) is 0. The molecule has 0 bridgehead atoms. The molecule has 0 aromatic heterocycles. The van der Waals surface area contributed by atoms with E-state index in [1.165, 1.54) is 0 Å². The average molecular weight is 241 g/mol. The predicted octanol–water partition coefficient (Wildman–Crippen LogP) is 1.47. The molecular weight excluding hydrogens is 228 g/mol. The smallest absolute Gasteiger partial charge is 0.328 e. The summed E-state index contributed by atoms with van der Waals surface area (Å²) >= 11 is 0. The van der Waals surface area contributed by atoms with Crippen molar-refractivity contribution in [3.63, 3.8) is 0 Å². The van der Waals surface area contributed by atoms with E-state index in [1.54, 1.807) is 0 Å². The summed E-state index contributed by atoms with van der Waals surface area (Å²) in [5.74, 6) is 0. The van der Waals surface area contributed by atoms with Crippen LogP contribution in [0.5, 0.6) is 0 Å². The maximum absolute atomic E-state index is 12.0. The lowest BCUT2D eigenvalue weighted by atomic mass is 10.0. The number of nitrogens with one attached hydrogen (secondary N) is 1. The van der Waals surface area contributed by atoms with Crippen molar-refractivity contribution in [2.24, 2.45) is 5.73 Å². The van der Waals surface area contributed by atoms with E-state index >= 15 is 0 Å². The lowest BCUT2D eigenvalue weighted by Crippen LogP contribution is -2.51. The molecule has 7 heteroatoms. The molecule has 1 heterocycles. The van der Waals surface area contributed by atoms with E-state index in [2.05, 4.69) is 5.32 Å². The highest BCUT2D eigenvalue weighted by molar-refractivity contribution is 5.85. The minimum absolute atomic E-state index is 0. The molecule has 1 rings (SSSR count). The fourth-order valence-corrected chi connectivity index (χ4v) is 1.20. The summed E-state index contributed by atoms with van der Waals surface area (Å²) in [7, 11) is 0. The van der Waals surface area contributed by atoms with Crippen molar-refractivity contribution < 1.29 is 13.2 Å². The van der Waals surface area contributed by atoms with E-state index < -0.39 is 12.2 Å². The van der Waals surface area contributed by atoms with Crippen LogP contribution in [0, 0.1) is 0 Å². The Labute approximate surface area is 87.3 Å². The van der Waals surface area contributed by atoms with Gasteiger partial charge in [-0.1, -0.05) is 0 Å². The van der Waals surface area contributed by atoms with Crippen molar-refractivity contribution in [3.05, 3.63) is 0 Å². The Morgan fingerprint density at radius 3 is 2.08 bits per heavy atom. The maximum atomic E-state index is 12.0. The first-order chi connectivity index (χ1) is 5.00. The van der Waals surface area contributed by atoms with Gasteiger partial charge in [0.05, 0.1) is 0 Å². The van der Waals surface area contributed by atoms with Crippen LogP contribution >= 0.6 is 24.8 Å². The maximum Gasteiger partial charge on any atom is 0.403 e. The van der Waals surface area contributed by atoms with Gasteiger partial charge >= 0.3 is 6.18 Å². The van der Waals surface area contributed by atoms with Gasteiger partial charge in [-0.05, 0) is 19.4 Å². The fraction of sp³-hybridized carbons (Fsp3) is 1.00. The monoisotopic (exact) mass is 240 g/mol. The summed E-state index contributed by atoms with van der Waals surface area (Å²) in [5.41, 5.74) is 5.38. The van der Waals surface area contributed by atoms with Crippen LogP contribution in [-0.4, -0.2) is 24.8 Å². The van der Waals surface area contributed by atoms with Gasteiger partial charge in [0.15, 0.2) is 0 Å². The van der Waals surface area contributed by atoms with Gasteiger partial charge in [-0.2, -0.15) is 13.2 Å². The second kappa shape index (κ2) is 5.90. The van der Waals surface area contributed by atoms with Gasteiger partial charge in [0, 0.05) is 6.04 Å². The van der Waals surface area contributed by atoms with Crippen LogP contribution in [0.4, 0.5) is 13.2 Å². The first-order valence-electron chi connectivity index (χ1n) is 3.56. The third-order valence-electron chi connectivity index (χ3n) is 1.84. The van der Waals surface area contributed by atoms with Gasteiger partial charge in [-0.15, -0.1) is 24.8 Å². The Kier molecular flexibility index (Phi) is 7.15. The third-order valence-corrected chi connectivity index (χ3v) is 1.84. The number of halogens is 5. The van der Waals surface area contributed by atoms with Crippen LogP contribution < -0.4 is 11.1 Å². The number of hydrogen-bond acceptors (Lipinski definition) is 2. The molecule has 0 aromatic rings. The van der Waals surface area contributed by atoms with Gasteiger partial charge in [0.2, 0.25) is 0 Å². The van der Waals surface area contributed by atoms with Gasteiger partial charge in [0.25, 0.3) is 0 Å². The second-order valence-corrected chi connectivity index (χ2v) is 2.83. The highest BCUT2D eigenvalue weighted by Gasteiger charge is 2.41. The average Bonchev–Trinajstić information content (AvgIpc) is 1.86. The zero-order valence-electron chi connectivity index (χ0n) is 6.80. The highest BCUT2D eigenvalue weighted by Crippen LogP contribution is 2.25. The van der Waals surface area contributed by atoms with Crippen LogP contribution in [-0.2, 0) is 0 Å². The molecule has 1 saturated heterocycles. The van der Waals surface area contributed by atoms with Crippen LogP contribution in [0.25, 0.3) is 0 Å². The van der Waals surface area contributed by atoms with E-state index in [0.29, 0.717) is 13.0 Å². The molecule has 0 radical (unpaired) electrons. The molecule has 0 amide bonds. The van der Waals surface area contributed by atoms with Crippen molar-refractivity contribution in [2.45, 2.75) is 31.1 Å².